The molecule has 1 N–H and O–H groups in total. The zero-order valence-corrected chi connectivity index (χ0v) is 23.2. The molecule has 10 heteroatoms. The molecular formula is C28H20Br2N2O6. The molecule has 38 heavy (non-hydrogen) atoms. The van der Waals surface area contributed by atoms with E-state index in [0.717, 1.165) is 14.9 Å². The Labute approximate surface area is 235 Å². The zero-order valence-electron chi connectivity index (χ0n) is 20.0. The molecule has 0 atom stereocenters. The molecule has 0 saturated carbocycles. The maximum Gasteiger partial charge on any atom is 0.335 e. The van der Waals surface area contributed by atoms with Gasteiger partial charge in [-0.05, 0) is 81.7 Å². The Hall–Kier alpha value is -4.07. The molecule has 0 aliphatic carbocycles. The van der Waals surface area contributed by atoms with Crippen molar-refractivity contribution in [3.8, 4) is 29.6 Å². The van der Waals surface area contributed by atoms with E-state index in [1.807, 2.05) is 24.3 Å². The van der Waals surface area contributed by atoms with E-state index in [9.17, 15) is 14.4 Å². The monoisotopic (exact) mass is 638 g/mol. The Morgan fingerprint density at radius 3 is 2.37 bits per heavy atom. The molecule has 192 valence electrons. The number of carbonyl (C=O) groups excluding carboxylic acids is 3. The highest BCUT2D eigenvalue weighted by atomic mass is 79.9. The van der Waals surface area contributed by atoms with Gasteiger partial charge >= 0.3 is 6.03 Å². The number of halogens is 2. The predicted molar refractivity (Wildman–Crippen MR) is 149 cm³/mol. The molecular weight excluding hydrogens is 620 g/mol. The third-order valence-electron chi connectivity index (χ3n) is 5.38. The van der Waals surface area contributed by atoms with Crippen molar-refractivity contribution >= 4 is 61.5 Å². The lowest BCUT2D eigenvalue weighted by Gasteiger charge is -2.26. The molecule has 1 heterocycles. The van der Waals surface area contributed by atoms with Crippen molar-refractivity contribution in [3.63, 3.8) is 0 Å². The minimum absolute atomic E-state index is 0.0292. The van der Waals surface area contributed by atoms with Crippen LogP contribution in [0.4, 0.5) is 10.5 Å². The Morgan fingerprint density at radius 2 is 1.71 bits per heavy atom. The molecule has 3 aromatic carbocycles. The number of nitrogens with zero attached hydrogens (tertiary/aromatic N) is 1. The van der Waals surface area contributed by atoms with Crippen LogP contribution in [0, 0.1) is 12.3 Å². The molecule has 3 aromatic rings. The summed E-state index contributed by atoms with van der Waals surface area (Å²) in [5.41, 5.74) is 1.49. The summed E-state index contributed by atoms with van der Waals surface area (Å²) in [6.07, 6.45) is 6.63. The number of amides is 4. The Balaban J connectivity index is 1.55. The van der Waals surface area contributed by atoms with Crippen molar-refractivity contribution in [2.75, 3.05) is 18.6 Å². The molecule has 1 fully saturated rings. The van der Waals surface area contributed by atoms with Gasteiger partial charge in [0.05, 0.1) is 17.3 Å². The molecule has 0 aromatic heterocycles. The number of anilines is 1. The third-order valence-corrected chi connectivity index (χ3v) is 6.50. The van der Waals surface area contributed by atoms with Gasteiger partial charge in [0, 0.05) is 4.47 Å². The van der Waals surface area contributed by atoms with E-state index in [-0.39, 0.29) is 17.9 Å². The number of urea groups is 1. The normalized spacial score (nSPS) is 14.2. The number of benzene rings is 3. The predicted octanol–water partition coefficient (Wildman–Crippen LogP) is 5.48. The second kappa shape index (κ2) is 12.0. The maximum atomic E-state index is 13.3. The lowest BCUT2D eigenvalue weighted by atomic mass is 10.1. The summed E-state index contributed by atoms with van der Waals surface area (Å²) < 4.78 is 18.1. The van der Waals surface area contributed by atoms with Gasteiger partial charge in [-0.1, -0.05) is 34.0 Å². The first-order chi connectivity index (χ1) is 18.3. The van der Waals surface area contributed by atoms with Crippen molar-refractivity contribution < 1.29 is 28.6 Å². The number of rotatable bonds is 8. The maximum absolute atomic E-state index is 13.3. The first-order valence-electron chi connectivity index (χ1n) is 11.1. The van der Waals surface area contributed by atoms with Gasteiger partial charge in [0.1, 0.15) is 24.5 Å². The Bertz CT molecular complexity index is 1460. The molecule has 0 bridgehead atoms. The third kappa shape index (κ3) is 6.07. The molecule has 1 saturated heterocycles. The van der Waals surface area contributed by atoms with E-state index in [1.54, 1.807) is 36.4 Å². The van der Waals surface area contributed by atoms with Crippen LogP contribution in [0.3, 0.4) is 0 Å². The number of terminal acetylenes is 1. The number of hydrogen-bond donors (Lipinski definition) is 1. The van der Waals surface area contributed by atoms with Crippen molar-refractivity contribution in [2.45, 2.75) is 6.61 Å². The quantitative estimate of drug-likeness (QED) is 0.199. The summed E-state index contributed by atoms with van der Waals surface area (Å²) >= 11 is 6.79. The van der Waals surface area contributed by atoms with E-state index in [1.165, 1.54) is 13.2 Å². The van der Waals surface area contributed by atoms with Crippen LogP contribution in [0.15, 0.2) is 75.2 Å². The fraction of sp³-hybridized carbons (Fsp3) is 0.107. The second-order valence-electron chi connectivity index (χ2n) is 7.89. The average Bonchev–Trinajstić information content (AvgIpc) is 2.90. The molecule has 1 aliphatic heterocycles. The van der Waals surface area contributed by atoms with Gasteiger partial charge in [-0.2, -0.15) is 0 Å². The summed E-state index contributed by atoms with van der Waals surface area (Å²) in [4.78, 5) is 39.3. The SMILES string of the molecule is C#CCOc1c(Br)cc(/C=C2\C(=O)NC(=O)N(c3ccc(OCc4ccc(Br)cc4)cc3)C2=O)cc1OC. The first-order valence-corrected chi connectivity index (χ1v) is 12.7. The summed E-state index contributed by atoms with van der Waals surface area (Å²) in [5, 5.41) is 2.21. The summed E-state index contributed by atoms with van der Waals surface area (Å²) in [6.45, 7) is 0.379. The number of nitrogens with one attached hydrogen (secondary N) is 1. The van der Waals surface area contributed by atoms with Crippen LogP contribution in [0.2, 0.25) is 0 Å². The number of imide groups is 2. The van der Waals surface area contributed by atoms with E-state index in [4.69, 9.17) is 20.6 Å². The summed E-state index contributed by atoms with van der Waals surface area (Å²) in [7, 11) is 1.45. The van der Waals surface area contributed by atoms with Gasteiger partial charge in [0.25, 0.3) is 11.8 Å². The van der Waals surface area contributed by atoms with Crippen molar-refractivity contribution in [1.29, 1.82) is 0 Å². The van der Waals surface area contributed by atoms with Crippen LogP contribution in [0.5, 0.6) is 17.2 Å². The molecule has 8 nitrogen and oxygen atoms in total. The number of ether oxygens (including phenoxy) is 3. The minimum atomic E-state index is -0.850. The molecule has 0 radical (unpaired) electrons. The Morgan fingerprint density at radius 1 is 1.00 bits per heavy atom. The van der Waals surface area contributed by atoms with Crippen LogP contribution < -0.4 is 24.4 Å². The molecule has 0 spiro atoms. The van der Waals surface area contributed by atoms with Crippen molar-refractivity contribution in [2.24, 2.45) is 0 Å². The number of hydrogen-bond acceptors (Lipinski definition) is 6. The number of methoxy groups -OCH3 is 1. The number of carbonyl (C=O) groups is 3. The number of barbiturate groups is 1. The van der Waals surface area contributed by atoms with Gasteiger partial charge in [-0.3, -0.25) is 14.9 Å². The highest BCUT2D eigenvalue weighted by Gasteiger charge is 2.37. The van der Waals surface area contributed by atoms with Crippen LogP contribution in [-0.4, -0.2) is 31.6 Å². The van der Waals surface area contributed by atoms with Gasteiger partial charge in [0.2, 0.25) is 0 Å². The molecule has 4 rings (SSSR count). The largest absolute Gasteiger partial charge is 0.493 e. The smallest absolute Gasteiger partial charge is 0.335 e. The van der Waals surface area contributed by atoms with E-state index < -0.39 is 17.8 Å². The molecule has 4 amide bonds. The lowest BCUT2D eigenvalue weighted by molar-refractivity contribution is -0.122. The Kier molecular flexibility index (Phi) is 8.51. The lowest BCUT2D eigenvalue weighted by Crippen LogP contribution is -2.54. The van der Waals surface area contributed by atoms with Crippen molar-refractivity contribution in [1.82, 2.24) is 5.32 Å². The molecule has 0 unspecified atom stereocenters. The van der Waals surface area contributed by atoms with Crippen LogP contribution in [0.25, 0.3) is 6.08 Å². The van der Waals surface area contributed by atoms with Gasteiger partial charge in [-0.15, -0.1) is 6.42 Å². The fourth-order valence-corrected chi connectivity index (χ4v) is 4.41. The zero-order chi connectivity index (χ0) is 27.2. The summed E-state index contributed by atoms with van der Waals surface area (Å²) in [6, 6.07) is 16.5. The minimum Gasteiger partial charge on any atom is -0.493 e. The second-order valence-corrected chi connectivity index (χ2v) is 9.66. The highest BCUT2D eigenvalue weighted by molar-refractivity contribution is 9.10. The van der Waals surface area contributed by atoms with Gasteiger partial charge in [-0.25, -0.2) is 9.69 Å². The van der Waals surface area contributed by atoms with Gasteiger partial charge in [0.15, 0.2) is 11.5 Å². The standard InChI is InChI=1S/C28H20Br2N2O6/c1-3-12-37-25-23(30)14-18(15-24(25)36-2)13-22-26(33)31-28(35)32(27(22)34)20-8-10-21(11-9-20)38-16-17-4-6-19(29)7-5-17/h1,4-11,13-15H,12,16H2,2H3,(H,31,33,35)/b22-13+. The first kappa shape index (κ1) is 27.0. The summed E-state index contributed by atoms with van der Waals surface area (Å²) in [5.74, 6) is 2.07. The van der Waals surface area contributed by atoms with Crippen LogP contribution in [0.1, 0.15) is 11.1 Å². The van der Waals surface area contributed by atoms with Crippen LogP contribution in [-0.2, 0) is 16.2 Å². The van der Waals surface area contributed by atoms with Crippen LogP contribution >= 0.6 is 31.9 Å². The topological polar surface area (TPSA) is 94.2 Å². The van der Waals surface area contributed by atoms with E-state index in [0.29, 0.717) is 33.9 Å². The van der Waals surface area contributed by atoms with Crippen molar-refractivity contribution in [3.05, 3.63) is 86.3 Å². The highest BCUT2D eigenvalue weighted by Crippen LogP contribution is 2.37. The fourth-order valence-electron chi connectivity index (χ4n) is 3.57. The molecule has 1 aliphatic rings. The van der Waals surface area contributed by atoms with E-state index in [2.05, 4.69) is 43.1 Å². The average molecular weight is 640 g/mol. The van der Waals surface area contributed by atoms with Gasteiger partial charge < -0.3 is 14.2 Å². The van der Waals surface area contributed by atoms with E-state index >= 15 is 0 Å².